The summed E-state index contributed by atoms with van der Waals surface area (Å²) in [5, 5.41) is 0. The molecule has 4 heteroatoms. The second-order valence-electron chi connectivity index (χ2n) is 4.05. The SMILES string of the molecule is FC(F)(F)c1ccc(OC2CC=CCC2)cc1. The molecule has 0 fully saturated rings. The second-order valence-corrected chi connectivity index (χ2v) is 4.05. The molecule has 92 valence electrons. The molecule has 0 N–H and O–H groups in total. The van der Waals surface area contributed by atoms with Crippen molar-refractivity contribution in [1.29, 1.82) is 0 Å². The fraction of sp³-hybridized carbons (Fsp3) is 0.385. The summed E-state index contributed by atoms with van der Waals surface area (Å²) in [5.41, 5.74) is -0.645. The molecule has 17 heavy (non-hydrogen) atoms. The molecule has 0 heterocycles. The quantitative estimate of drug-likeness (QED) is 0.706. The van der Waals surface area contributed by atoms with E-state index in [4.69, 9.17) is 4.74 Å². The van der Waals surface area contributed by atoms with Gasteiger partial charge in [0.15, 0.2) is 0 Å². The summed E-state index contributed by atoms with van der Waals surface area (Å²) in [6.45, 7) is 0. The van der Waals surface area contributed by atoms with Crippen LogP contribution in [0.1, 0.15) is 24.8 Å². The van der Waals surface area contributed by atoms with Gasteiger partial charge in [0.2, 0.25) is 0 Å². The van der Waals surface area contributed by atoms with Gasteiger partial charge in [0, 0.05) is 6.42 Å². The summed E-state index contributed by atoms with van der Waals surface area (Å²) >= 11 is 0. The Morgan fingerprint density at radius 1 is 1.06 bits per heavy atom. The summed E-state index contributed by atoms with van der Waals surface area (Å²) < 4.78 is 42.6. The molecule has 1 aromatic rings. The highest BCUT2D eigenvalue weighted by Gasteiger charge is 2.30. The molecule has 0 radical (unpaired) electrons. The van der Waals surface area contributed by atoms with Crippen molar-refractivity contribution in [3.05, 3.63) is 42.0 Å². The zero-order valence-electron chi connectivity index (χ0n) is 9.20. The van der Waals surface area contributed by atoms with Gasteiger partial charge in [0.25, 0.3) is 0 Å². The minimum atomic E-state index is -4.29. The van der Waals surface area contributed by atoms with E-state index in [2.05, 4.69) is 6.08 Å². The molecule has 0 bridgehead atoms. The Hall–Kier alpha value is -1.45. The van der Waals surface area contributed by atoms with Crippen LogP contribution in [0, 0.1) is 0 Å². The molecule has 1 aromatic carbocycles. The van der Waals surface area contributed by atoms with Gasteiger partial charge in [0.05, 0.1) is 5.56 Å². The highest BCUT2D eigenvalue weighted by Crippen LogP contribution is 2.30. The van der Waals surface area contributed by atoms with Crippen molar-refractivity contribution < 1.29 is 17.9 Å². The van der Waals surface area contributed by atoms with Crippen molar-refractivity contribution in [2.24, 2.45) is 0 Å². The number of benzene rings is 1. The zero-order valence-corrected chi connectivity index (χ0v) is 9.20. The Morgan fingerprint density at radius 2 is 1.76 bits per heavy atom. The van der Waals surface area contributed by atoms with Gasteiger partial charge in [-0.15, -0.1) is 0 Å². The van der Waals surface area contributed by atoms with E-state index in [-0.39, 0.29) is 6.10 Å². The minimum absolute atomic E-state index is 0.0803. The van der Waals surface area contributed by atoms with Crippen molar-refractivity contribution in [2.45, 2.75) is 31.5 Å². The van der Waals surface area contributed by atoms with E-state index < -0.39 is 11.7 Å². The van der Waals surface area contributed by atoms with Crippen LogP contribution in [-0.2, 0) is 6.18 Å². The normalized spacial score (nSPS) is 20.3. The number of rotatable bonds is 2. The third-order valence-electron chi connectivity index (χ3n) is 2.71. The van der Waals surface area contributed by atoms with E-state index in [0.717, 1.165) is 31.4 Å². The van der Waals surface area contributed by atoms with Gasteiger partial charge >= 0.3 is 6.18 Å². The van der Waals surface area contributed by atoms with Crippen LogP contribution in [0.2, 0.25) is 0 Å². The lowest BCUT2D eigenvalue weighted by molar-refractivity contribution is -0.137. The second kappa shape index (κ2) is 4.82. The maximum atomic E-state index is 12.3. The molecule has 0 saturated heterocycles. The van der Waals surface area contributed by atoms with Crippen molar-refractivity contribution in [2.75, 3.05) is 0 Å². The summed E-state index contributed by atoms with van der Waals surface area (Å²) in [7, 11) is 0. The molecule has 0 aromatic heterocycles. The predicted octanol–water partition coefficient (Wildman–Crippen LogP) is 4.19. The highest BCUT2D eigenvalue weighted by atomic mass is 19.4. The van der Waals surface area contributed by atoms with Gasteiger partial charge in [-0.3, -0.25) is 0 Å². The molecule has 1 unspecified atom stereocenters. The van der Waals surface area contributed by atoms with E-state index in [9.17, 15) is 13.2 Å². The largest absolute Gasteiger partial charge is 0.490 e. The average Bonchev–Trinajstić information content (AvgIpc) is 2.30. The number of halogens is 3. The number of alkyl halides is 3. The Kier molecular flexibility index (Phi) is 3.41. The first-order chi connectivity index (χ1) is 8.05. The van der Waals surface area contributed by atoms with Crippen LogP contribution >= 0.6 is 0 Å². The Bertz CT molecular complexity index is 392. The smallest absolute Gasteiger partial charge is 0.416 e. The lowest BCUT2D eigenvalue weighted by atomic mass is 10.0. The minimum Gasteiger partial charge on any atom is -0.490 e. The van der Waals surface area contributed by atoms with Crippen LogP contribution in [0.25, 0.3) is 0 Å². The number of hydrogen-bond acceptors (Lipinski definition) is 1. The fourth-order valence-corrected chi connectivity index (χ4v) is 1.79. The Morgan fingerprint density at radius 3 is 2.29 bits per heavy atom. The van der Waals surface area contributed by atoms with Crippen LogP contribution < -0.4 is 4.74 Å². The fourth-order valence-electron chi connectivity index (χ4n) is 1.79. The van der Waals surface area contributed by atoms with E-state index in [1.165, 1.54) is 12.1 Å². The number of allylic oxidation sites excluding steroid dienone is 1. The maximum absolute atomic E-state index is 12.3. The van der Waals surface area contributed by atoms with Crippen molar-refractivity contribution in [1.82, 2.24) is 0 Å². The summed E-state index contributed by atoms with van der Waals surface area (Å²) in [5.74, 6) is 0.498. The van der Waals surface area contributed by atoms with E-state index >= 15 is 0 Å². The first-order valence-corrected chi connectivity index (χ1v) is 5.54. The van der Waals surface area contributed by atoms with Crippen LogP contribution in [-0.4, -0.2) is 6.10 Å². The van der Waals surface area contributed by atoms with Gasteiger partial charge in [-0.25, -0.2) is 0 Å². The van der Waals surface area contributed by atoms with Crippen LogP contribution in [0.15, 0.2) is 36.4 Å². The van der Waals surface area contributed by atoms with Gasteiger partial charge in [-0.2, -0.15) is 13.2 Å². The molecule has 1 nitrogen and oxygen atoms in total. The molecule has 1 aliphatic carbocycles. The van der Waals surface area contributed by atoms with Crippen molar-refractivity contribution in [3.63, 3.8) is 0 Å². The van der Waals surface area contributed by atoms with Crippen LogP contribution in [0.5, 0.6) is 5.75 Å². The first-order valence-electron chi connectivity index (χ1n) is 5.54. The summed E-state index contributed by atoms with van der Waals surface area (Å²) in [6.07, 6.45) is 2.62. The number of hydrogen-bond donors (Lipinski definition) is 0. The van der Waals surface area contributed by atoms with Crippen LogP contribution in [0.3, 0.4) is 0 Å². The van der Waals surface area contributed by atoms with E-state index in [1.807, 2.05) is 6.08 Å². The summed E-state index contributed by atoms with van der Waals surface area (Å²) in [4.78, 5) is 0. The van der Waals surface area contributed by atoms with Gasteiger partial charge in [0.1, 0.15) is 11.9 Å². The highest BCUT2D eigenvalue weighted by molar-refractivity contribution is 5.29. The molecule has 0 aliphatic heterocycles. The lowest BCUT2D eigenvalue weighted by Crippen LogP contribution is -2.17. The van der Waals surface area contributed by atoms with Gasteiger partial charge in [-0.1, -0.05) is 12.2 Å². The van der Waals surface area contributed by atoms with E-state index in [1.54, 1.807) is 0 Å². The van der Waals surface area contributed by atoms with Gasteiger partial charge < -0.3 is 4.74 Å². The van der Waals surface area contributed by atoms with Crippen molar-refractivity contribution >= 4 is 0 Å². The zero-order chi connectivity index (χ0) is 12.3. The maximum Gasteiger partial charge on any atom is 0.416 e. The summed E-state index contributed by atoms with van der Waals surface area (Å²) in [6, 6.07) is 4.85. The monoisotopic (exact) mass is 242 g/mol. The molecule has 1 atom stereocenters. The standard InChI is InChI=1S/C13H13F3O/c14-13(15,16)10-6-8-12(9-7-10)17-11-4-2-1-3-5-11/h1-2,6-9,11H,3-5H2. The Balaban J connectivity index is 2.00. The third kappa shape index (κ3) is 3.25. The molecule has 2 rings (SSSR count). The first kappa shape index (κ1) is 12.0. The molecular formula is C13H13F3O. The molecule has 0 amide bonds. The third-order valence-corrected chi connectivity index (χ3v) is 2.71. The van der Waals surface area contributed by atoms with E-state index in [0.29, 0.717) is 5.75 Å². The van der Waals surface area contributed by atoms with Crippen LogP contribution in [0.4, 0.5) is 13.2 Å². The molecule has 1 aliphatic rings. The topological polar surface area (TPSA) is 9.23 Å². The number of ether oxygens (including phenoxy) is 1. The predicted molar refractivity (Wildman–Crippen MR) is 58.9 cm³/mol. The lowest BCUT2D eigenvalue weighted by Gasteiger charge is -2.20. The molecule has 0 saturated carbocycles. The Labute approximate surface area is 97.9 Å². The van der Waals surface area contributed by atoms with Crippen molar-refractivity contribution in [3.8, 4) is 5.75 Å². The molecular weight excluding hydrogens is 229 g/mol. The average molecular weight is 242 g/mol. The van der Waals surface area contributed by atoms with Gasteiger partial charge in [-0.05, 0) is 37.1 Å². The molecule has 0 spiro atoms.